The summed E-state index contributed by atoms with van der Waals surface area (Å²) >= 11 is 0. The Morgan fingerprint density at radius 3 is 1.64 bits per heavy atom. The average Bonchev–Trinajstić information content (AvgIpc) is 1.85. The molecule has 0 aliphatic heterocycles. The lowest BCUT2D eigenvalue weighted by molar-refractivity contribution is -0.102. The molecule has 0 aromatic rings. The van der Waals surface area contributed by atoms with E-state index in [9.17, 15) is 26.3 Å². The van der Waals surface area contributed by atoms with E-state index in [1.165, 1.54) is 0 Å². The molecule has 0 aliphatic rings. The van der Waals surface area contributed by atoms with Crippen LogP contribution in [0.2, 0.25) is 0 Å². The van der Waals surface area contributed by atoms with E-state index in [0.717, 1.165) is 0 Å². The van der Waals surface area contributed by atoms with Crippen molar-refractivity contribution in [2.75, 3.05) is 0 Å². The molecule has 11 heavy (non-hydrogen) atoms. The summed E-state index contributed by atoms with van der Waals surface area (Å²) < 4.78 is 69.1. The first-order valence-electron chi connectivity index (χ1n) is 2.48. The molecule has 0 nitrogen and oxygen atoms in total. The Balaban J connectivity index is 4.70. The van der Waals surface area contributed by atoms with Crippen LogP contribution in [0.4, 0.5) is 26.3 Å². The minimum atomic E-state index is -4.72. The van der Waals surface area contributed by atoms with Gasteiger partial charge in [-0.1, -0.05) is 0 Å². The van der Waals surface area contributed by atoms with Gasteiger partial charge in [-0.15, -0.1) is 0 Å². The van der Waals surface area contributed by atoms with Gasteiger partial charge in [0.25, 0.3) is 6.08 Å². The zero-order valence-corrected chi connectivity index (χ0v) is 5.35. The van der Waals surface area contributed by atoms with Crippen molar-refractivity contribution in [3.63, 3.8) is 0 Å². The van der Waals surface area contributed by atoms with Gasteiger partial charge >= 0.3 is 12.3 Å². The van der Waals surface area contributed by atoms with Gasteiger partial charge in [0.15, 0.2) is 0 Å². The summed E-state index contributed by atoms with van der Waals surface area (Å²) in [7, 11) is 0. The Morgan fingerprint density at radius 2 is 1.55 bits per heavy atom. The average molecular weight is 178 g/mol. The lowest BCUT2D eigenvalue weighted by Gasteiger charge is -2.14. The molecule has 0 amide bonds. The van der Waals surface area contributed by atoms with Gasteiger partial charge in [0.05, 0.1) is 5.57 Å². The highest BCUT2D eigenvalue weighted by Crippen LogP contribution is 2.33. The number of rotatable bonds is 2. The normalized spacial score (nSPS) is 12.0. The summed E-state index contributed by atoms with van der Waals surface area (Å²) in [5.41, 5.74) is -1.88. The summed E-state index contributed by atoms with van der Waals surface area (Å²) in [4.78, 5) is 0. The van der Waals surface area contributed by atoms with E-state index in [2.05, 4.69) is 0 Å². The van der Waals surface area contributed by atoms with Gasteiger partial charge in [-0.2, -0.15) is 17.6 Å². The third kappa shape index (κ3) is 2.13. The van der Waals surface area contributed by atoms with Crippen LogP contribution in [0, 0.1) is 0 Å². The zero-order chi connectivity index (χ0) is 9.23. The molecule has 0 unspecified atom stereocenters. The number of allylic oxidation sites excluding steroid dienone is 1. The van der Waals surface area contributed by atoms with Gasteiger partial charge in [-0.25, -0.2) is 8.78 Å². The molecule has 0 aliphatic carbocycles. The van der Waals surface area contributed by atoms with E-state index < -0.39 is 24.0 Å². The lowest BCUT2D eigenvalue weighted by atomic mass is 10.2. The van der Waals surface area contributed by atoms with Crippen molar-refractivity contribution < 1.29 is 26.3 Å². The molecule has 0 saturated carbocycles. The minimum Gasteiger partial charge on any atom is -0.203 e. The van der Waals surface area contributed by atoms with Crippen LogP contribution in [-0.2, 0) is 0 Å². The van der Waals surface area contributed by atoms with Crippen molar-refractivity contribution in [2.24, 2.45) is 0 Å². The van der Waals surface area contributed by atoms with Crippen molar-refractivity contribution in [1.82, 2.24) is 0 Å². The highest BCUT2D eigenvalue weighted by molar-refractivity contribution is 5.11. The van der Waals surface area contributed by atoms with Crippen LogP contribution in [0.3, 0.4) is 0 Å². The smallest absolute Gasteiger partial charge is 0.203 e. The van der Waals surface area contributed by atoms with Crippen molar-refractivity contribution >= 4 is 0 Å². The van der Waals surface area contributed by atoms with Gasteiger partial charge in [0.1, 0.15) is 0 Å². The molecule has 0 atom stereocenters. The van der Waals surface area contributed by atoms with E-state index in [-0.39, 0.29) is 6.92 Å². The third-order valence-corrected chi connectivity index (χ3v) is 1.06. The maximum atomic E-state index is 11.9. The Morgan fingerprint density at radius 1 is 1.18 bits per heavy atom. The summed E-state index contributed by atoms with van der Waals surface area (Å²) in [5, 5.41) is 0. The summed E-state index contributed by atoms with van der Waals surface area (Å²) in [6.45, 7) is 0.265. The lowest BCUT2D eigenvalue weighted by Crippen LogP contribution is -2.28. The molecule has 0 bridgehead atoms. The molecular weight excluding hydrogens is 174 g/mol. The van der Waals surface area contributed by atoms with Crippen LogP contribution in [0.5, 0.6) is 0 Å². The molecule has 0 heterocycles. The Kier molecular flexibility index (Phi) is 2.95. The second kappa shape index (κ2) is 3.15. The fraction of sp³-hybridized carbons (Fsp3) is 0.600. The monoisotopic (exact) mass is 178 g/mol. The largest absolute Gasteiger partial charge is 0.333 e. The number of hydrogen-bond acceptors (Lipinski definition) is 0. The van der Waals surface area contributed by atoms with E-state index >= 15 is 0 Å². The molecule has 6 heteroatoms. The predicted molar refractivity (Wildman–Crippen MR) is 25.9 cm³/mol. The second-order valence-electron chi connectivity index (χ2n) is 1.81. The van der Waals surface area contributed by atoms with Gasteiger partial charge in [-0.05, 0) is 6.92 Å². The highest BCUT2D eigenvalue weighted by Gasteiger charge is 2.44. The van der Waals surface area contributed by atoms with Crippen LogP contribution >= 0.6 is 0 Å². The van der Waals surface area contributed by atoms with Crippen molar-refractivity contribution in [1.29, 1.82) is 0 Å². The molecule has 0 rings (SSSR count). The summed E-state index contributed by atoms with van der Waals surface area (Å²) in [6, 6.07) is 0. The third-order valence-electron chi connectivity index (χ3n) is 1.06. The Labute approximate surface area is 58.5 Å². The van der Waals surface area contributed by atoms with Gasteiger partial charge in [-0.3, -0.25) is 0 Å². The van der Waals surface area contributed by atoms with Gasteiger partial charge < -0.3 is 0 Å². The zero-order valence-electron chi connectivity index (χ0n) is 5.35. The van der Waals surface area contributed by atoms with Gasteiger partial charge in [0, 0.05) is 0 Å². The molecule has 0 fully saturated rings. The van der Waals surface area contributed by atoms with E-state index in [0.29, 0.717) is 0 Å². The van der Waals surface area contributed by atoms with E-state index in [1.54, 1.807) is 0 Å². The number of hydrogen-bond donors (Lipinski definition) is 0. The standard InChI is InChI=1S/C5H4F6/c1-2(3(6)7)5(10,11)4(8)9/h4H,1H3. The molecule has 0 spiro atoms. The minimum absolute atomic E-state index is 0.265. The fourth-order valence-corrected chi connectivity index (χ4v) is 0.290. The second-order valence-corrected chi connectivity index (χ2v) is 1.81. The first kappa shape index (κ1) is 10.3. The molecule has 66 valence electrons. The van der Waals surface area contributed by atoms with E-state index in [4.69, 9.17) is 0 Å². The van der Waals surface area contributed by atoms with Crippen LogP contribution < -0.4 is 0 Å². The van der Waals surface area contributed by atoms with Crippen LogP contribution in [0.1, 0.15) is 6.92 Å². The first-order chi connectivity index (χ1) is 4.80. The van der Waals surface area contributed by atoms with Gasteiger partial charge in [0.2, 0.25) is 0 Å². The molecular formula is C5H4F6. The van der Waals surface area contributed by atoms with Crippen LogP contribution in [0.15, 0.2) is 11.7 Å². The Bertz CT molecular complexity index is 166. The number of halogens is 6. The molecule has 0 N–H and O–H groups in total. The highest BCUT2D eigenvalue weighted by atomic mass is 19.3. The van der Waals surface area contributed by atoms with Crippen LogP contribution in [-0.4, -0.2) is 12.3 Å². The topological polar surface area (TPSA) is 0 Å². The number of alkyl halides is 4. The first-order valence-corrected chi connectivity index (χ1v) is 2.48. The molecule has 0 radical (unpaired) electrons. The molecule has 0 aromatic carbocycles. The maximum Gasteiger partial charge on any atom is 0.333 e. The SMILES string of the molecule is CC(=C(F)F)C(F)(F)C(F)F. The van der Waals surface area contributed by atoms with E-state index in [1.807, 2.05) is 0 Å². The quantitative estimate of drug-likeness (QED) is 0.570. The summed E-state index contributed by atoms with van der Waals surface area (Å²) in [6.07, 6.45) is -6.86. The van der Waals surface area contributed by atoms with Crippen molar-refractivity contribution in [3.05, 3.63) is 11.7 Å². The molecule has 0 aromatic heterocycles. The fourth-order valence-electron chi connectivity index (χ4n) is 0.290. The molecule has 0 saturated heterocycles. The van der Waals surface area contributed by atoms with Crippen LogP contribution in [0.25, 0.3) is 0 Å². The Hall–Kier alpha value is -0.680. The van der Waals surface area contributed by atoms with Crippen molar-refractivity contribution in [2.45, 2.75) is 19.3 Å². The predicted octanol–water partition coefficient (Wildman–Crippen LogP) is 3.06. The maximum absolute atomic E-state index is 11.9. The van der Waals surface area contributed by atoms with Crippen molar-refractivity contribution in [3.8, 4) is 0 Å². The summed E-state index contributed by atoms with van der Waals surface area (Å²) in [5.74, 6) is -4.72.